The number of benzene rings is 1. The number of hydrogen-bond donors (Lipinski definition) is 1. The number of carboxylic acids is 1. The minimum Gasteiger partial charge on any atom is -0.481 e. The van der Waals surface area contributed by atoms with Crippen LogP contribution in [0.4, 0.5) is 4.39 Å². The van der Waals surface area contributed by atoms with Crippen LogP contribution < -0.4 is 0 Å². The van der Waals surface area contributed by atoms with E-state index in [1.54, 1.807) is 0 Å². The molecule has 0 aliphatic carbocycles. The molecule has 4 heteroatoms. The van der Waals surface area contributed by atoms with Gasteiger partial charge < -0.3 is 9.52 Å². The van der Waals surface area contributed by atoms with E-state index < -0.39 is 5.97 Å². The van der Waals surface area contributed by atoms with Crippen LogP contribution in [0.2, 0.25) is 0 Å². The molecular formula is C10H7FO3. The van der Waals surface area contributed by atoms with E-state index in [2.05, 4.69) is 0 Å². The highest BCUT2D eigenvalue weighted by atomic mass is 19.1. The number of aliphatic carboxylic acids is 1. The Kier molecular flexibility index (Phi) is 1.96. The fourth-order valence-electron chi connectivity index (χ4n) is 1.31. The zero-order valence-electron chi connectivity index (χ0n) is 7.16. The lowest BCUT2D eigenvalue weighted by molar-refractivity contribution is -0.136. The molecule has 0 saturated heterocycles. The fourth-order valence-corrected chi connectivity index (χ4v) is 1.31. The van der Waals surface area contributed by atoms with Crippen LogP contribution in [-0.2, 0) is 11.2 Å². The van der Waals surface area contributed by atoms with Crippen molar-refractivity contribution in [2.45, 2.75) is 6.42 Å². The van der Waals surface area contributed by atoms with Crippen LogP contribution in [0.25, 0.3) is 11.0 Å². The molecule has 0 fully saturated rings. The molecule has 0 bridgehead atoms. The van der Waals surface area contributed by atoms with Gasteiger partial charge in [-0.2, -0.15) is 0 Å². The zero-order chi connectivity index (χ0) is 10.1. The number of halogens is 1. The Bertz CT molecular complexity index is 487. The Morgan fingerprint density at radius 3 is 2.93 bits per heavy atom. The highest BCUT2D eigenvalue weighted by Crippen LogP contribution is 2.20. The molecule has 2 aromatic rings. The van der Waals surface area contributed by atoms with Gasteiger partial charge in [-0.05, 0) is 24.3 Å². The van der Waals surface area contributed by atoms with Crippen molar-refractivity contribution in [3.63, 3.8) is 0 Å². The van der Waals surface area contributed by atoms with Crippen LogP contribution in [0.15, 0.2) is 28.7 Å². The van der Waals surface area contributed by atoms with Crippen LogP contribution in [0.1, 0.15) is 5.76 Å². The Balaban J connectivity index is 2.46. The SMILES string of the molecule is O=C(O)Cc1cc2cc(F)ccc2o1. The molecule has 0 aliphatic heterocycles. The van der Waals surface area contributed by atoms with E-state index in [4.69, 9.17) is 9.52 Å². The molecule has 72 valence electrons. The highest BCUT2D eigenvalue weighted by Gasteiger charge is 2.07. The van der Waals surface area contributed by atoms with Gasteiger partial charge >= 0.3 is 5.97 Å². The third-order valence-electron chi connectivity index (χ3n) is 1.85. The summed E-state index contributed by atoms with van der Waals surface area (Å²) in [4.78, 5) is 10.4. The first-order valence-electron chi connectivity index (χ1n) is 4.05. The van der Waals surface area contributed by atoms with E-state index >= 15 is 0 Å². The maximum Gasteiger partial charge on any atom is 0.311 e. The van der Waals surface area contributed by atoms with Gasteiger partial charge in [0.1, 0.15) is 23.6 Å². The second kappa shape index (κ2) is 3.14. The molecule has 0 unspecified atom stereocenters. The molecule has 1 aromatic carbocycles. The number of fused-ring (bicyclic) bond motifs is 1. The van der Waals surface area contributed by atoms with E-state index in [1.807, 2.05) is 0 Å². The maximum absolute atomic E-state index is 12.8. The average Bonchev–Trinajstić information content (AvgIpc) is 2.44. The van der Waals surface area contributed by atoms with Gasteiger partial charge in [-0.15, -0.1) is 0 Å². The van der Waals surface area contributed by atoms with E-state index in [0.717, 1.165) is 0 Å². The van der Waals surface area contributed by atoms with Gasteiger partial charge in [0.15, 0.2) is 0 Å². The molecule has 2 rings (SSSR count). The molecule has 1 heterocycles. The first-order chi connectivity index (χ1) is 6.65. The second-order valence-electron chi connectivity index (χ2n) is 2.97. The fraction of sp³-hybridized carbons (Fsp3) is 0.100. The van der Waals surface area contributed by atoms with Crippen LogP contribution in [0.5, 0.6) is 0 Å². The molecule has 14 heavy (non-hydrogen) atoms. The van der Waals surface area contributed by atoms with Crippen molar-refractivity contribution in [1.82, 2.24) is 0 Å². The summed E-state index contributed by atoms with van der Waals surface area (Å²) in [5.41, 5.74) is 0.502. The monoisotopic (exact) mass is 194 g/mol. The minimum absolute atomic E-state index is 0.184. The average molecular weight is 194 g/mol. The molecule has 0 amide bonds. The zero-order valence-corrected chi connectivity index (χ0v) is 7.16. The Hall–Kier alpha value is -1.84. The molecule has 0 spiro atoms. The van der Waals surface area contributed by atoms with Crippen molar-refractivity contribution in [2.75, 3.05) is 0 Å². The van der Waals surface area contributed by atoms with Crippen molar-refractivity contribution >= 4 is 16.9 Å². The maximum atomic E-state index is 12.8. The Labute approximate surface area is 78.8 Å². The second-order valence-corrected chi connectivity index (χ2v) is 2.97. The number of carbonyl (C=O) groups is 1. The van der Waals surface area contributed by atoms with Gasteiger partial charge in [0.2, 0.25) is 0 Å². The summed E-state index contributed by atoms with van der Waals surface area (Å²) in [6, 6.07) is 5.60. The summed E-state index contributed by atoms with van der Waals surface area (Å²) < 4.78 is 17.9. The Morgan fingerprint density at radius 1 is 1.43 bits per heavy atom. The van der Waals surface area contributed by atoms with Crippen molar-refractivity contribution in [2.24, 2.45) is 0 Å². The summed E-state index contributed by atoms with van der Waals surface area (Å²) in [5.74, 6) is -0.997. The van der Waals surface area contributed by atoms with Gasteiger partial charge in [0.05, 0.1) is 0 Å². The largest absolute Gasteiger partial charge is 0.481 e. The standard InChI is InChI=1S/C10H7FO3/c11-7-1-2-9-6(3-7)4-8(14-9)5-10(12)13/h1-4H,5H2,(H,12,13). The number of hydrogen-bond acceptors (Lipinski definition) is 2. The highest BCUT2D eigenvalue weighted by molar-refractivity contribution is 5.79. The van der Waals surface area contributed by atoms with Gasteiger partial charge in [-0.1, -0.05) is 0 Å². The number of carboxylic acid groups (broad SMARTS) is 1. The van der Waals surface area contributed by atoms with Crippen LogP contribution in [0, 0.1) is 5.82 Å². The summed E-state index contributed by atoms with van der Waals surface area (Å²) in [6.45, 7) is 0. The third kappa shape index (κ3) is 1.59. The van der Waals surface area contributed by atoms with E-state index in [-0.39, 0.29) is 12.2 Å². The van der Waals surface area contributed by atoms with Gasteiger partial charge in [-0.25, -0.2) is 4.39 Å². The predicted octanol–water partition coefficient (Wildman–Crippen LogP) is 2.20. The lowest BCUT2D eigenvalue weighted by Crippen LogP contribution is -1.97. The van der Waals surface area contributed by atoms with Gasteiger partial charge in [0, 0.05) is 5.39 Å². The number of furan rings is 1. The molecule has 3 nitrogen and oxygen atoms in total. The molecule has 0 saturated carbocycles. The van der Waals surface area contributed by atoms with Crippen LogP contribution in [-0.4, -0.2) is 11.1 Å². The number of rotatable bonds is 2. The van der Waals surface area contributed by atoms with E-state index in [0.29, 0.717) is 16.7 Å². The van der Waals surface area contributed by atoms with Crippen molar-refractivity contribution in [3.05, 3.63) is 35.8 Å². The quantitative estimate of drug-likeness (QED) is 0.797. The Morgan fingerprint density at radius 2 is 2.21 bits per heavy atom. The van der Waals surface area contributed by atoms with Crippen molar-refractivity contribution in [3.8, 4) is 0 Å². The van der Waals surface area contributed by atoms with Crippen molar-refractivity contribution < 1.29 is 18.7 Å². The minimum atomic E-state index is -0.968. The predicted molar refractivity (Wildman–Crippen MR) is 47.5 cm³/mol. The smallest absolute Gasteiger partial charge is 0.311 e. The summed E-state index contributed by atoms with van der Waals surface area (Å²) in [6.07, 6.45) is -0.184. The first-order valence-corrected chi connectivity index (χ1v) is 4.05. The van der Waals surface area contributed by atoms with Crippen molar-refractivity contribution in [1.29, 1.82) is 0 Å². The molecular weight excluding hydrogens is 187 g/mol. The summed E-state index contributed by atoms with van der Waals surface area (Å²) in [5, 5.41) is 9.10. The van der Waals surface area contributed by atoms with E-state index in [9.17, 15) is 9.18 Å². The van der Waals surface area contributed by atoms with Gasteiger partial charge in [0.25, 0.3) is 0 Å². The summed E-state index contributed by atoms with van der Waals surface area (Å²) >= 11 is 0. The lowest BCUT2D eigenvalue weighted by Gasteiger charge is -1.87. The molecule has 1 aromatic heterocycles. The van der Waals surface area contributed by atoms with E-state index in [1.165, 1.54) is 24.3 Å². The van der Waals surface area contributed by atoms with Crippen LogP contribution in [0.3, 0.4) is 0 Å². The lowest BCUT2D eigenvalue weighted by atomic mass is 10.2. The van der Waals surface area contributed by atoms with Crippen LogP contribution >= 0.6 is 0 Å². The third-order valence-corrected chi connectivity index (χ3v) is 1.85. The molecule has 0 radical (unpaired) electrons. The summed E-state index contributed by atoms with van der Waals surface area (Å²) in [7, 11) is 0. The molecule has 1 N–H and O–H groups in total. The first kappa shape index (κ1) is 8.74. The molecule has 0 atom stereocenters. The topological polar surface area (TPSA) is 50.4 Å². The molecule has 0 aliphatic rings. The van der Waals surface area contributed by atoms with Gasteiger partial charge in [-0.3, -0.25) is 4.79 Å². The normalized spacial score (nSPS) is 10.6.